The number of aromatic carboxylic acids is 1. The van der Waals surface area contributed by atoms with Crippen LogP contribution in [-0.4, -0.2) is 28.4 Å². The lowest BCUT2D eigenvalue weighted by molar-refractivity contribution is 0.0691. The Morgan fingerprint density at radius 3 is 2.77 bits per heavy atom. The number of hydrogen-bond acceptors (Lipinski definition) is 4. The molecule has 1 heterocycles. The Balaban J connectivity index is 3.19. The van der Waals surface area contributed by atoms with Crippen molar-refractivity contribution in [1.29, 1.82) is 0 Å². The third-order valence-electron chi connectivity index (χ3n) is 1.49. The summed E-state index contributed by atoms with van der Waals surface area (Å²) < 4.78 is 0. The number of pyridine rings is 1. The molecular formula is C8H8N2O3. The molecule has 0 bridgehead atoms. The summed E-state index contributed by atoms with van der Waals surface area (Å²) in [6.07, 6.45) is 1.36. The number of ketones is 1. The molecule has 0 atom stereocenters. The monoisotopic (exact) mass is 180 g/mol. The zero-order chi connectivity index (χ0) is 9.84. The highest BCUT2D eigenvalue weighted by atomic mass is 16.4. The second-order valence-corrected chi connectivity index (χ2v) is 2.33. The molecule has 0 unspecified atom stereocenters. The maximum atomic E-state index is 11.1. The van der Waals surface area contributed by atoms with Crippen LogP contribution in [0.2, 0.25) is 0 Å². The van der Waals surface area contributed by atoms with Crippen LogP contribution >= 0.6 is 0 Å². The van der Waals surface area contributed by atoms with Gasteiger partial charge in [-0.3, -0.25) is 9.78 Å². The zero-order valence-electron chi connectivity index (χ0n) is 6.73. The maximum Gasteiger partial charge on any atom is 0.338 e. The molecule has 0 aliphatic heterocycles. The molecule has 1 rings (SSSR count). The molecule has 5 nitrogen and oxygen atoms in total. The predicted octanol–water partition coefficient (Wildman–Crippen LogP) is -0.0788. The van der Waals surface area contributed by atoms with Crippen molar-refractivity contribution in [2.24, 2.45) is 5.73 Å². The molecule has 0 aliphatic carbocycles. The maximum absolute atomic E-state index is 11.1. The van der Waals surface area contributed by atoms with Gasteiger partial charge in [-0.25, -0.2) is 4.79 Å². The van der Waals surface area contributed by atoms with E-state index in [0.717, 1.165) is 0 Å². The van der Waals surface area contributed by atoms with E-state index in [1.807, 2.05) is 0 Å². The topological polar surface area (TPSA) is 93.3 Å². The third-order valence-corrected chi connectivity index (χ3v) is 1.49. The molecule has 13 heavy (non-hydrogen) atoms. The number of nitrogens with zero attached hydrogens (tertiary/aromatic N) is 1. The SMILES string of the molecule is NCC(=O)c1ncccc1C(=O)O. The fourth-order valence-electron chi connectivity index (χ4n) is 0.897. The number of rotatable bonds is 3. The van der Waals surface area contributed by atoms with Gasteiger partial charge in [-0.05, 0) is 12.1 Å². The van der Waals surface area contributed by atoms with E-state index in [4.69, 9.17) is 10.8 Å². The smallest absolute Gasteiger partial charge is 0.338 e. The van der Waals surface area contributed by atoms with Crippen LogP contribution in [0.25, 0.3) is 0 Å². The number of carbonyl (C=O) groups excluding carboxylic acids is 1. The first-order valence-electron chi connectivity index (χ1n) is 3.58. The lowest BCUT2D eigenvalue weighted by Gasteiger charge is -2.00. The van der Waals surface area contributed by atoms with Crippen molar-refractivity contribution < 1.29 is 14.7 Å². The highest BCUT2D eigenvalue weighted by Crippen LogP contribution is 2.05. The Labute approximate surface area is 74.2 Å². The van der Waals surface area contributed by atoms with E-state index in [1.54, 1.807) is 0 Å². The molecule has 0 saturated carbocycles. The molecule has 3 N–H and O–H groups in total. The number of carbonyl (C=O) groups is 2. The van der Waals surface area contributed by atoms with Crippen molar-refractivity contribution in [1.82, 2.24) is 4.98 Å². The first-order chi connectivity index (χ1) is 6.16. The average Bonchev–Trinajstić information content (AvgIpc) is 2.16. The van der Waals surface area contributed by atoms with Crippen LogP contribution in [-0.2, 0) is 0 Å². The Bertz CT molecular complexity index is 349. The lowest BCUT2D eigenvalue weighted by Crippen LogP contribution is -2.18. The Hall–Kier alpha value is -1.75. The number of Topliss-reactive ketones (excluding diaryl/α,β-unsaturated/α-hetero) is 1. The highest BCUT2D eigenvalue weighted by Gasteiger charge is 2.15. The van der Waals surface area contributed by atoms with Gasteiger partial charge in [0.05, 0.1) is 12.1 Å². The zero-order valence-corrected chi connectivity index (χ0v) is 6.73. The van der Waals surface area contributed by atoms with Gasteiger partial charge in [0.25, 0.3) is 0 Å². The summed E-state index contributed by atoms with van der Waals surface area (Å²) in [4.78, 5) is 25.4. The molecule has 0 fully saturated rings. The summed E-state index contributed by atoms with van der Waals surface area (Å²) >= 11 is 0. The summed E-state index contributed by atoms with van der Waals surface area (Å²) in [5.74, 6) is -1.65. The van der Waals surface area contributed by atoms with Gasteiger partial charge >= 0.3 is 5.97 Å². The van der Waals surface area contributed by atoms with Crippen LogP contribution in [0, 0.1) is 0 Å². The Morgan fingerprint density at radius 1 is 1.54 bits per heavy atom. The predicted molar refractivity (Wildman–Crippen MR) is 44.6 cm³/mol. The number of hydrogen-bond donors (Lipinski definition) is 2. The van der Waals surface area contributed by atoms with E-state index in [2.05, 4.69) is 4.98 Å². The normalized spacial score (nSPS) is 9.62. The minimum absolute atomic E-state index is 0.0856. The minimum Gasteiger partial charge on any atom is -0.478 e. The molecule has 1 aromatic rings. The Morgan fingerprint density at radius 2 is 2.23 bits per heavy atom. The van der Waals surface area contributed by atoms with Crippen molar-refractivity contribution in [2.75, 3.05) is 6.54 Å². The summed E-state index contributed by atoms with van der Waals surface area (Å²) in [6, 6.07) is 2.77. The van der Waals surface area contributed by atoms with Crippen molar-refractivity contribution >= 4 is 11.8 Å². The molecule has 1 aromatic heterocycles. The van der Waals surface area contributed by atoms with Crippen molar-refractivity contribution in [3.63, 3.8) is 0 Å². The van der Waals surface area contributed by atoms with E-state index < -0.39 is 11.8 Å². The minimum atomic E-state index is -1.18. The molecule has 0 amide bonds. The summed E-state index contributed by atoms with van der Waals surface area (Å²) in [7, 11) is 0. The van der Waals surface area contributed by atoms with Gasteiger partial charge < -0.3 is 10.8 Å². The van der Waals surface area contributed by atoms with Crippen LogP contribution in [0.1, 0.15) is 20.8 Å². The number of carboxylic acid groups (broad SMARTS) is 1. The number of aromatic nitrogens is 1. The average molecular weight is 180 g/mol. The fourth-order valence-corrected chi connectivity index (χ4v) is 0.897. The van der Waals surface area contributed by atoms with Crippen LogP contribution in [0.4, 0.5) is 0 Å². The Kier molecular flexibility index (Phi) is 2.71. The van der Waals surface area contributed by atoms with Gasteiger partial charge in [0.2, 0.25) is 0 Å². The molecule has 0 saturated heterocycles. The lowest BCUT2D eigenvalue weighted by atomic mass is 10.1. The molecule has 0 aliphatic rings. The van der Waals surface area contributed by atoms with Crippen molar-refractivity contribution in [2.45, 2.75) is 0 Å². The standard InChI is InChI=1S/C8H8N2O3/c9-4-6(11)7-5(8(12)13)2-1-3-10-7/h1-3H,4,9H2,(H,12,13). The number of carboxylic acids is 1. The molecular weight excluding hydrogens is 172 g/mol. The van der Waals surface area contributed by atoms with E-state index >= 15 is 0 Å². The van der Waals surface area contributed by atoms with E-state index in [0.29, 0.717) is 0 Å². The van der Waals surface area contributed by atoms with Gasteiger partial charge in [0, 0.05) is 6.20 Å². The molecule has 0 aromatic carbocycles. The van der Waals surface area contributed by atoms with Gasteiger partial charge in [0.1, 0.15) is 5.69 Å². The van der Waals surface area contributed by atoms with Crippen molar-refractivity contribution in [3.8, 4) is 0 Å². The third kappa shape index (κ3) is 1.88. The van der Waals surface area contributed by atoms with Gasteiger partial charge in [0.15, 0.2) is 5.78 Å². The van der Waals surface area contributed by atoms with Crippen LogP contribution in [0.5, 0.6) is 0 Å². The van der Waals surface area contributed by atoms with E-state index in [1.165, 1.54) is 18.3 Å². The fraction of sp³-hybridized carbons (Fsp3) is 0.125. The summed E-state index contributed by atoms with van der Waals surface area (Å²) in [5.41, 5.74) is 4.89. The summed E-state index contributed by atoms with van der Waals surface area (Å²) in [6.45, 7) is -0.239. The second kappa shape index (κ2) is 3.77. The molecule has 68 valence electrons. The van der Waals surface area contributed by atoms with Gasteiger partial charge in [-0.15, -0.1) is 0 Å². The van der Waals surface area contributed by atoms with Gasteiger partial charge in [-0.2, -0.15) is 0 Å². The van der Waals surface area contributed by atoms with Crippen molar-refractivity contribution in [3.05, 3.63) is 29.6 Å². The van der Waals surface area contributed by atoms with E-state index in [-0.39, 0.29) is 17.8 Å². The first-order valence-corrected chi connectivity index (χ1v) is 3.58. The number of nitrogens with two attached hydrogens (primary N) is 1. The molecule has 0 radical (unpaired) electrons. The second-order valence-electron chi connectivity index (χ2n) is 2.33. The highest BCUT2D eigenvalue weighted by molar-refractivity contribution is 6.05. The van der Waals surface area contributed by atoms with Crippen LogP contribution < -0.4 is 5.73 Å². The first kappa shape index (κ1) is 9.34. The van der Waals surface area contributed by atoms with E-state index in [9.17, 15) is 9.59 Å². The summed E-state index contributed by atoms with van der Waals surface area (Å²) in [5, 5.41) is 8.68. The van der Waals surface area contributed by atoms with Crippen LogP contribution in [0.15, 0.2) is 18.3 Å². The largest absolute Gasteiger partial charge is 0.478 e. The quantitative estimate of drug-likeness (QED) is 0.634. The van der Waals surface area contributed by atoms with Crippen LogP contribution in [0.3, 0.4) is 0 Å². The van der Waals surface area contributed by atoms with Gasteiger partial charge in [-0.1, -0.05) is 0 Å². The molecule has 0 spiro atoms. The molecule has 5 heteroatoms.